The van der Waals surface area contributed by atoms with Gasteiger partial charge in [0.25, 0.3) is 11.8 Å². The molecule has 24 heavy (non-hydrogen) atoms. The summed E-state index contributed by atoms with van der Waals surface area (Å²) in [6.45, 7) is 4.06. The smallest absolute Gasteiger partial charge is 0.339 e. The zero-order valence-corrected chi connectivity index (χ0v) is 13.9. The third-order valence-corrected chi connectivity index (χ3v) is 4.99. The minimum atomic E-state index is -4.10. The molecule has 3 rings (SSSR count). The van der Waals surface area contributed by atoms with Crippen molar-refractivity contribution in [2.45, 2.75) is 24.7 Å². The standard InChI is InChI=1S/C17H15NO5S/c1-10(2)11-3-5-12(6-4-11)23-24(21,22)13-7-8-14-15(9-13)17(20)18-16(14)19/h3-10H,1-2H3,(H,18,19,20). The van der Waals surface area contributed by atoms with Gasteiger partial charge in [0.1, 0.15) is 10.6 Å². The molecule has 2 aromatic rings. The van der Waals surface area contributed by atoms with Gasteiger partial charge in [0, 0.05) is 0 Å². The van der Waals surface area contributed by atoms with E-state index in [1.54, 1.807) is 24.3 Å². The molecule has 0 radical (unpaired) electrons. The van der Waals surface area contributed by atoms with Crippen LogP contribution >= 0.6 is 0 Å². The Morgan fingerprint density at radius 1 is 0.917 bits per heavy atom. The number of imide groups is 1. The van der Waals surface area contributed by atoms with Gasteiger partial charge in [-0.3, -0.25) is 14.9 Å². The number of hydrogen-bond acceptors (Lipinski definition) is 5. The van der Waals surface area contributed by atoms with E-state index in [-0.39, 0.29) is 21.8 Å². The van der Waals surface area contributed by atoms with Crippen LogP contribution in [-0.2, 0) is 10.1 Å². The van der Waals surface area contributed by atoms with Gasteiger partial charge >= 0.3 is 10.1 Å². The van der Waals surface area contributed by atoms with Crippen molar-refractivity contribution in [1.29, 1.82) is 0 Å². The van der Waals surface area contributed by atoms with Crippen molar-refractivity contribution < 1.29 is 22.2 Å². The fourth-order valence-electron chi connectivity index (χ4n) is 2.39. The Morgan fingerprint density at radius 3 is 2.17 bits per heavy atom. The molecular formula is C17H15NO5S. The molecule has 0 unspecified atom stereocenters. The molecule has 2 amide bonds. The van der Waals surface area contributed by atoms with E-state index in [1.165, 1.54) is 12.1 Å². The fourth-order valence-corrected chi connectivity index (χ4v) is 3.34. The Morgan fingerprint density at radius 2 is 1.54 bits per heavy atom. The Hall–Kier alpha value is -2.67. The molecule has 0 spiro atoms. The van der Waals surface area contributed by atoms with Gasteiger partial charge in [-0.25, -0.2) is 0 Å². The molecule has 124 valence electrons. The zero-order valence-electron chi connectivity index (χ0n) is 13.1. The SMILES string of the molecule is CC(C)c1ccc(OS(=O)(=O)c2ccc3c(c2)C(=O)NC3=O)cc1. The average Bonchev–Trinajstić information content (AvgIpc) is 2.82. The summed E-state index contributed by atoms with van der Waals surface area (Å²) in [5.74, 6) is -0.652. The van der Waals surface area contributed by atoms with E-state index in [0.29, 0.717) is 5.92 Å². The van der Waals surface area contributed by atoms with Gasteiger partial charge in [-0.15, -0.1) is 0 Å². The monoisotopic (exact) mass is 345 g/mol. The fraction of sp³-hybridized carbons (Fsp3) is 0.176. The first-order valence-electron chi connectivity index (χ1n) is 7.32. The van der Waals surface area contributed by atoms with Crippen LogP contribution in [-0.4, -0.2) is 20.2 Å². The lowest BCUT2D eigenvalue weighted by atomic mass is 10.0. The highest BCUT2D eigenvalue weighted by Gasteiger charge is 2.29. The molecule has 1 aliphatic rings. The topological polar surface area (TPSA) is 89.5 Å². The van der Waals surface area contributed by atoms with Gasteiger partial charge < -0.3 is 4.18 Å². The first kappa shape index (κ1) is 16.2. The molecule has 1 aliphatic heterocycles. The van der Waals surface area contributed by atoms with Crippen LogP contribution in [0.1, 0.15) is 46.0 Å². The lowest BCUT2D eigenvalue weighted by molar-refractivity contribution is 0.0879. The molecule has 0 saturated carbocycles. The summed E-state index contributed by atoms with van der Waals surface area (Å²) in [5.41, 5.74) is 1.24. The first-order valence-corrected chi connectivity index (χ1v) is 8.73. The third kappa shape index (κ3) is 2.90. The Kier molecular flexibility index (Phi) is 3.88. The summed E-state index contributed by atoms with van der Waals surface area (Å²) < 4.78 is 29.8. The maximum atomic E-state index is 12.4. The molecule has 0 saturated heterocycles. The lowest BCUT2D eigenvalue weighted by Gasteiger charge is -2.09. The first-order chi connectivity index (χ1) is 11.3. The molecule has 0 aliphatic carbocycles. The van der Waals surface area contributed by atoms with E-state index in [4.69, 9.17) is 4.18 Å². The highest BCUT2D eigenvalue weighted by atomic mass is 32.2. The predicted molar refractivity (Wildman–Crippen MR) is 86.6 cm³/mol. The Bertz CT molecular complexity index is 930. The van der Waals surface area contributed by atoms with E-state index in [2.05, 4.69) is 5.32 Å². The van der Waals surface area contributed by atoms with Crippen molar-refractivity contribution in [1.82, 2.24) is 5.32 Å². The molecular weight excluding hydrogens is 330 g/mol. The second-order valence-electron chi connectivity index (χ2n) is 5.75. The number of carbonyl (C=O) groups excluding carboxylic acids is 2. The van der Waals surface area contributed by atoms with Crippen molar-refractivity contribution in [3.05, 3.63) is 59.2 Å². The lowest BCUT2D eigenvalue weighted by Crippen LogP contribution is -2.19. The van der Waals surface area contributed by atoms with E-state index in [1.807, 2.05) is 13.8 Å². The molecule has 0 atom stereocenters. The summed E-state index contributed by atoms with van der Waals surface area (Å²) in [6, 6.07) is 10.4. The van der Waals surface area contributed by atoms with E-state index in [9.17, 15) is 18.0 Å². The summed E-state index contributed by atoms with van der Waals surface area (Å²) in [7, 11) is -4.10. The maximum Gasteiger partial charge on any atom is 0.339 e. The number of benzene rings is 2. The van der Waals surface area contributed by atoms with E-state index < -0.39 is 21.9 Å². The van der Waals surface area contributed by atoms with Gasteiger partial charge in [-0.1, -0.05) is 26.0 Å². The summed E-state index contributed by atoms with van der Waals surface area (Å²) in [6.07, 6.45) is 0. The van der Waals surface area contributed by atoms with Crippen molar-refractivity contribution in [2.75, 3.05) is 0 Å². The van der Waals surface area contributed by atoms with Crippen molar-refractivity contribution in [3.63, 3.8) is 0 Å². The summed E-state index contributed by atoms with van der Waals surface area (Å²) >= 11 is 0. The number of rotatable bonds is 4. The number of hydrogen-bond donors (Lipinski definition) is 1. The van der Waals surface area contributed by atoms with Gasteiger partial charge in [-0.05, 0) is 41.8 Å². The third-order valence-electron chi connectivity index (χ3n) is 3.75. The van der Waals surface area contributed by atoms with E-state index in [0.717, 1.165) is 11.6 Å². The van der Waals surface area contributed by atoms with Crippen LogP contribution < -0.4 is 9.50 Å². The van der Waals surface area contributed by atoms with Gasteiger partial charge in [-0.2, -0.15) is 8.42 Å². The van der Waals surface area contributed by atoms with Crippen molar-refractivity contribution >= 4 is 21.9 Å². The second-order valence-corrected chi connectivity index (χ2v) is 7.30. The molecule has 0 aromatic heterocycles. The normalized spacial score (nSPS) is 13.8. The van der Waals surface area contributed by atoms with Crippen LogP contribution in [0.15, 0.2) is 47.4 Å². The minimum Gasteiger partial charge on any atom is -0.379 e. The van der Waals surface area contributed by atoms with Crippen LogP contribution in [0.3, 0.4) is 0 Å². The molecule has 0 bridgehead atoms. The molecule has 1 N–H and O–H groups in total. The van der Waals surface area contributed by atoms with Crippen LogP contribution in [0.4, 0.5) is 0 Å². The number of fused-ring (bicyclic) bond motifs is 1. The van der Waals surface area contributed by atoms with Crippen LogP contribution in [0.25, 0.3) is 0 Å². The van der Waals surface area contributed by atoms with Crippen LogP contribution in [0.2, 0.25) is 0 Å². The predicted octanol–water partition coefficient (Wildman–Crippen LogP) is 2.46. The number of amides is 2. The van der Waals surface area contributed by atoms with Crippen LogP contribution in [0, 0.1) is 0 Å². The van der Waals surface area contributed by atoms with Gasteiger partial charge in [0.15, 0.2) is 0 Å². The number of nitrogens with one attached hydrogen (secondary N) is 1. The Balaban J connectivity index is 1.90. The van der Waals surface area contributed by atoms with Crippen molar-refractivity contribution in [3.8, 4) is 5.75 Å². The molecule has 2 aromatic carbocycles. The quantitative estimate of drug-likeness (QED) is 0.679. The zero-order chi connectivity index (χ0) is 17.5. The molecule has 7 heteroatoms. The maximum absolute atomic E-state index is 12.4. The van der Waals surface area contributed by atoms with Crippen molar-refractivity contribution in [2.24, 2.45) is 0 Å². The molecule has 0 fully saturated rings. The Labute approximate surface area is 139 Å². The highest BCUT2D eigenvalue weighted by molar-refractivity contribution is 7.87. The summed E-state index contributed by atoms with van der Waals surface area (Å²) in [4.78, 5) is 23.0. The highest BCUT2D eigenvalue weighted by Crippen LogP contribution is 2.24. The molecule has 1 heterocycles. The summed E-state index contributed by atoms with van der Waals surface area (Å²) in [5, 5.41) is 2.11. The van der Waals surface area contributed by atoms with Gasteiger partial charge in [0.05, 0.1) is 11.1 Å². The van der Waals surface area contributed by atoms with Crippen LogP contribution in [0.5, 0.6) is 5.75 Å². The van der Waals surface area contributed by atoms with E-state index >= 15 is 0 Å². The minimum absolute atomic E-state index is 0.0276. The largest absolute Gasteiger partial charge is 0.379 e. The average molecular weight is 345 g/mol. The second kappa shape index (κ2) is 5.76. The molecule has 6 nitrogen and oxygen atoms in total. The van der Waals surface area contributed by atoms with Gasteiger partial charge in [0.2, 0.25) is 0 Å². The number of carbonyl (C=O) groups is 2.